The Morgan fingerprint density at radius 3 is 2.44 bits per heavy atom. The smallest absolute Gasteiger partial charge is 0.148 e. The SMILES string of the molecule is CCc1nc(-c2c(C)cc(C)cc2OCCN2CCOCC2)c(CC)nc1NC(C)CC. The lowest BCUT2D eigenvalue weighted by molar-refractivity contribution is 0.0323. The molecule has 6 nitrogen and oxygen atoms in total. The number of anilines is 1. The Labute approximate surface area is 193 Å². The van der Waals surface area contributed by atoms with Crippen LogP contribution >= 0.6 is 0 Å². The van der Waals surface area contributed by atoms with Crippen LogP contribution in [0.25, 0.3) is 11.3 Å². The maximum atomic E-state index is 6.38. The average molecular weight is 441 g/mol. The molecule has 0 bridgehead atoms. The van der Waals surface area contributed by atoms with Crippen molar-refractivity contribution in [1.82, 2.24) is 14.9 Å². The molecular weight excluding hydrogens is 400 g/mol. The number of hydrogen-bond acceptors (Lipinski definition) is 6. The van der Waals surface area contributed by atoms with Gasteiger partial charge in [0.25, 0.3) is 0 Å². The number of morpholine rings is 1. The summed E-state index contributed by atoms with van der Waals surface area (Å²) in [5, 5.41) is 3.55. The van der Waals surface area contributed by atoms with Gasteiger partial charge in [0.2, 0.25) is 0 Å². The van der Waals surface area contributed by atoms with Crippen molar-refractivity contribution in [1.29, 1.82) is 0 Å². The average Bonchev–Trinajstić information content (AvgIpc) is 2.79. The summed E-state index contributed by atoms with van der Waals surface area (Å²) in [5.74, 6) is 1.83. The molecule has 1 fully saturated rings. The monoisotopic (exact) mass is 440 g/mol. The van der Waals surface area contributed by atoms with E-state index in [2.05, 4.69) is 63.9 Å². The lowest BCUT2D eigenvalue weighted by Crippen LogP contribution is -2.38. The van der Waals surface area contributed by atoms with Crippen LogP contribution in [-0.2, 0) is 17.6 Å². The molecule has 176 valence electrons. The normalized spacial score (nSPS) is 15.6. The van der Waals surface area contributed by atoms with Gasteiger partial charge in [0.15, 0.2) is 0 Å². The molecule has 2 heterocycles. The minimum atomic E-state index is 0.366. The fraction of sp³-hybridized carbons (Fsp3) is 0.615. The van der Waals surface area contributed by atoms with E-state index in [0.29, 0.717) is 12.6 Å². The summed E-state index contributed by atoms with van der Waals surface area (Å²) in [6.07, 6.45) is 2.70. The van der Waals surface area contributed by atoms with Gasteiger partial charge in [0.1, 0.15) is 18.2 Å². The first-order valence-corrected chi connectivity index (χ1v) is 12.2. The van der Waals surface area contributed by atoms with Gasteiger partial charge in [-0.25, -0.2) is 9.97 Å². The minimum absolute atomic E-state index is 0.366. The van der Waals surface area contributed by atoms with Gasteiger partial charge < -0.3 is 14.8 Å². The van der Waals surface area contributed by atoms with E-state index in [0.717, 1.165) is 86.3 Å². The number of aryl methyl sites for hydroxylation is 4. The van der Waals surface area contributed by atoms with E-state index in [4.69, 9.17) is 19.4 Å². The predicted molar refractivity (Wildman–Crippen MR) is 132 cm³/mol. The van der Waals surface area contributed by atoms with Gasteiger partial charge in [0, 0.05) is 31.2 Å². The van der Waals surface area contributed by atoms with Crippen LogP contribution in [0.3, 0.4) is 0 Å². The molecule has 1 saturated heterocycles. The molecule has 32 heavy (non-hydrogen) atoms. The number of nitrogens with one attached hydrogen (secondary N) is 1. The van der Waals surface area contributed by atoms with Crippen molar-refractivity contribution >= 4 is 5.82 Å². The highest BCUT2D eigenvalue weighted by atomic mass is 16.5. The second kappa shape index (κ2) is 11.6. The van der Waals surface area contributed by atoms with Crippen LogP contribution in [0.1, 0.15) is 56.6 Å². The van der Waals surface area contributed by atoms with E-state index in [1.165, 1.54) is 11.1 Å². The van der Waals surface area contributed by atoms with Gasteiger partial charge in [-0.3, -0.25) is 4.90 Å². The Hall–Kier alpha value is -2.18. The molecule has 0 spiro atoms. The number of hydrogen-bond donors (Lipinski definition) is 1. The van der Waals surface area contributed by atoms with Gasteiger partial charge in [-0.15, -0.1) is 0 Å². The summed E-state index contributed by atoms with van der Waals surface area (Å²) in [5.41, 5.74) is 6.43. The van der Waals surface area contributed by atoms with Crippen molar-refractivity contribution in [3.63, 3.8) is 0 Å². The Morgan fingerprint density at radius 1 is 1.06 bits per heavy atom. The summed E-state index contributed by atoms with van der Waals surface area (Å²) in [4.78, 5) is 12.6. The van der Waals surface area contributed by atoms with Crippen LogP contribution in [0, 0.1) is 13.8 Å². The third-order valence-electron chi connectivity index (χ3n) is 6.15. The van der Waals surface area contributed by atoms with Crippen LogP contribution in [-0.4, -0.2) is 60.4 Å². The highest BCUT2D eigenvalue weighted by Crippen LogP contribution is 2.36. The molecule has 1 aliphatic heterocycles. The third-order valence-corrected chi connectivity index (χ3v) is 6.15. The molecule has 0 aliphatic carbocycles. The zero-order chi connectivity index (χ0) is 23.1. The van der Waals surface area contributed by atoms with Gasteiger partial charge in [-0.05, 0) is 57.2 Å². The van der Waals surface area contributed by atoms with E-state index >= 15 is 0 Å². The van der Waals surface area contributed by atoms with Crippen LogP contribution in [0.4, 0.5) is 5.82 Å². The first kappa shape index (κ1) is 24.5. The van der Waals surface area contributed by atoms with Gasteiger partial charge in [-0.2, -0.15) is 0 Å². The van der Waals surface area contributed by atoms with Gasteiger partial charge in [0.05, 0.1) is 30.3 Å². The molecule has 2 aromatic rings. The van der Waals surface area contributed by atoms with Crippen LogP contribution in [0.5, 0.6) is 5.75 Å². The molecule has 3 rings (SSSR count). The predicted octanol–water partition coefficient (Wildman–Crippen LogP) is 4.81. The number of nitrogens with zero attached hydrogens (tertiary/aromatic N) is 3. The number of benzene rings is 1. The molecule has 6 heteroatoms. The minimum Gasteiger partial charge on any atom is -0.492 e. The van der Waals surface area contributed by atoms with Crippen molar-refractivity contribution in [2.45, 2.75) is 66.8 Å². The standard InChI is InChI=1S/C26H40N4O2/c1-7-20(6)27-26-22(9-3)28-25(21(8-2)29-26)24-19(5)16-18(4)17-23(24)32-15-12-30-10-13-31-14-11-30/h16-17,20H,7-15H2,1-6H3,(H,27,29). The lowest BCUT2D eigenvalue weighted by Gasteiger charge is -2.26. The van der Waals surface area contributed by atoms with Crippen molar-refractivity contribution in [3.8, 4) is 17.0 Å². The lowest BCUT2D eigenvalue weighted by atomic mass is 9.98. The summed E-state index contributed by atoms with van der Waals surface area (Å²) in [7, 11) is 0. The van der Waals surface area contributed by atoms with E-state index in [1.807, 2.05) is 0 Å². The molecule has 1 unspecified atom stereocenters. The first-order chi connectivity index (χ1) is 15.5. The van der Waals surface area contributed by atoms with Crippen LogP contribution < -0.4 is 10.1 Å². The van der Waals surface area contributed by atoms with Crippen LogP contribution in [0.15, 0.2) is 12.1 Å². The third kappa shape index (κ3) is 5.99. The fourth-order valence-corrected chi connectivity index (χ4v) is 4.10. The second-order valence-electron chi connectivity index (χ2n) is 8.73. The maximum absolute atomic E-state index is 6.38. The molecule has 0 radical (unpaired) electrons. The number of aromatic nitrogens is 2. The second-order valence-corrected chi connectivity index (χ2v) is 8.73. The Morgan fingerprint density at radius 2 is 1.78 bits per heavy atom. The zero-order valence-corrected chi connectivity index (χ0v) is 20.8. The highest BCUT2D eigenvalue weighted by Gasteiger charge is 2.20. The summed E-state index contributed by atoms with van der Waals surface area (Å²) in [6, 6.07) is 4.72. The summed E-state index contributed by atoms with van der Waals surface area (Å²) in [6.45, 7) is 18.0. The molecule has 1 aliphatic rings. The summed E-state index contributed by atoms with van der Waals surface area (Å²) < 4.78 is 11.8. The molecule has 1 aromatic carbocycles. The molecule has 1 aromatic heterocycles. The van der Waals surface area contributed by atoms with E-state index in [1.54, 1.807) is 0 Å². The van der Waals surface area contributed by atoms with Crippen molar-refractivity contribution in [3.05, 3.63) is 34.6 Å². The molecule has 0 saturated carbocycles. The maximum Gasteiger partial charge on any atom is 0.148 e. The fourth-order valence-electron chi connectivity index (χ4n) is 4.10. The molecule has 0 amide bonds. The topological polar surface area (TPSA) is 59.5 Å². The summed E-state index contributed by atoms with van der Waals surface area (Å²) >= 11 is 0. The van der Waals surface area contributed by atoms with Gasteiger partial charge in [-0.1, -0.05) is 26.8 Å². The first-order valence-electron chi connectivity index (χ1n) is 12.2. The number of rotatable bonds is 10. The van der Waals surface area contributed by atoms with Gasteiger partial charge >= 0.3 is 0 Å². The quantitative estimate of drug-likeness (QED) is 0.572. The molecule has 1 N–H and O–H groups in total. The highest BCUT2D eigenvalue weighted by molar-refractivity contribution is 5.74. The van der Waals surface area contributed by atoms with Crippen molar-refractivity contribution in [2.24, 2.45) is 0 Å². The Kier molecular flexibility index (Phi) is 8.88. The van der Waals surface area contributed by atoms with E-state index < -0.39 is 0 Å². The molecule has 1 atom stereocenters. The van der Waals surface area contributed by atoms with Crippen LogP contribution in [0.2, 0.25) is 0 Å². The Bertz CT molecular complexity index is 894. The zero-order valence-electron chi connectivity index (χ0n) is 20.8. The largest absolute Gasteiger partial charge is 0.492 e. The Balaban J connectivity index is 1.94. The van der Waals surface area contributed by atoms with Crippen molar-refractivity contribution < 1.29 is 9.47 Å². The number of ether oxygens (including phenoxy) is 2. The van der Waals surface area contributed by atoms with E-state index in [9.17, 15) is 0 Å². The molecular formula is C26H40N4O2. The van der Waals surface area contributed by atoms with E-state index in [-0.39, 0.29) is 0 Å². The van der Waals surface area contributed by atoms with Crippen molar-refractivity contribution in [2.75, 3.05) is 44.8 Å².